The van der Waals surface area contributed by atoms with E-state index in [1.807, 2.05) is 0 Å². The van der Waals surface area contributed by atoms with Gasteiger partial charge in [-0.25, -0.2) is 0 Å². The standard InChI is InChI=1S/C22H48N2O/c1-4-6-7-8-9-10-11-12-13-14-15-16-17-18-21(3)24-20-22(25)23-19-5-2/h21-25H,4-20H2,1-3H3. The van der Waals surface area contributed by atoms with Gasteiger partial charge in [0.2, 0.25) is 0 Å². The van der Waals surface area contributed by atoms with Gasteiger partial charge in [-0.3, -0.25) is 5.32 Å². The molecule has 0 rings (SSSR count). The Morgan fingerprint density at radius 3 is 1.60 bits per heavy atom. The quantitative estimate of drug-likeness (QED) is 0.192. The third-order valence-electron chi connectivity index (χ3n) is 5.03. The Bertz CT molecular complexity index is 248. The molecule has 152 valence electrons. The van der Waals surface area contributed by atoms with Crippen molar-refractivity contribution in [3.63, 3.8) is 0 Å². The predicted octanol–water partition coefficient (Wildman–Crippen LogP) is 5.76. The number of aliphatic hydroxyl groups excluding tert-OH is 1. The zero-order valence-electron chi connectivity index (χ0n) is 17.6. The molecule has 0 amide bonds. The molecule has 0 aromatic rings. The van der Waals surface area contributed by atoms with Gasteiger partial charge in [-0.1, -0.05) is 97.3 Å². The first-order chi connectivity index (χ1) is 12.2. The van der Waals surface area contributed by atoms with E-state index in [1.54, 1.807) is 0 Å². The fourth-order valence-corrected chi connectivity index (χ4v) is 3.27. The molecule has 0 spiro atoms. The van der Waals surface area contributed by atoms with Crippen LogP contribution in [-0.2, 0) is 0 Å². The van der Waals surface area contributed by atoms with Gasteiger partial charge in [0.15, 0.2) is 0 Å². The molecular formula is C22H48N2O. The maximum atomic E-state index is 9.74. The van der Waals surface area contributed by atoms with Gasteiger partial charge in [0, 0.05) is 12.6 Å². The summed E-state index contributed by atoms with van der Waals surface area (Å²) in [6.45, 7) is 8.17. The van der Waals surface area contributed by atoms with Crippen LogP contribution in [0.3, 0.4) is 0 Å². The molecular weight excluding hydrogens is 308 g/mol. The average molecular weight is 357 g/mol. The van der Waals surface area contributed by atoms with Crippen molar-refractivity contribution in [1.29, 1.82) is 0 Å². The van der Waals surface area contributed by atoms with Crippen molar-refractivity contribution in [3.05, 3.63) is 0 Å². The highest BCUT2D eigenvalue weighted by Gasteiger charge is 2.05. The van der Waals surface area contributed by atoms with Crippen LogP contribution in [0.4, 0.5) is 0 Å². The zero-order chi connectivity index (χ0) is 18.6. The van der Waals surface area contributed by atoms with Gasteiger partial charge in [-0.2, -0.15) is 0 Å². The summed E-state index contributed by atoms with van der Waals surface area (Å²) in [6.07, 6.45) is 20.2. The van der Waals surface area contributed by atoms with Crippen molar-refractivity contribution in [2.45, 2.75) is 129 Å². The first kappa shape index (κ1) is 24.9. The largest absolute Gasteiger partial charge is 0.377 e. The molecule has 0 saturated carbocycles. The van der Waals surface area contributed by atoms with Crippen LogP contribution in [0.2, 0.25) is 0 Å². The van der Waals surface area contributed by atoms with Gasteiger partial charge < -0.3 is 10.4 Å². The van der Waals surface area contributed by atoms with E-state index >= 15 is 0 Å². The van der Waals surface area contributed by atoms with Gasteiger partial charge in [-0.15, -0.1) is 0 Å². The molecule has 0 aromatic carbocycles. The summed E-state index contributed by atoms with van der Waals surface area (Å²) in [5.74, 6) is 0. The van der Waals surface area contributed by atoms with E-state index < -0.39 is 6.23 Å². The number of hydrogen-bond donors (Lipinski definition) is 3. The lowest BCUT2D eigenvalue weighted by Gasteiger charge is -2.17. The molecule has 2 unspecified atom stereocenters. The second-order valence-corrected chi connectivity index (χ2v) is 7.81. The molecule has 0 aliphatic heterocycles. The molecule has 3 nitrogen and oxygen atoms in total. The molecule has 0 aromatic heterocycles. The molecule has 0 saturated heterocycles. The number of unbranched alkanes of at least 4 members (excludes halogenated alkanes) is 12. The van der Waals surface area contributed by atoms with Crippen LogP contribution in [0.5, 0.6) is 0 Å². The van der Waals surface area contributed by atoms with Crippen LogP contribution in [0.1, 0.15) is 117 Å². The van der Waals surface area contributed by atoms with E-state index in [9.17, 15) is 5.11 Å². The van der Waals surface area contributed by atoms with E-state index in [0.717, 1.165) is 13.0 Å². The van der Waals surface area contributed by atoms with E-state index in [2.05, 4.69) is 31.4 Å². The lowest BCUT2D eigenvalue weighted by molar-refractivity contribution is 0.131. The van der Waals surface area contributed by atoms with Crippen molar-refractivity contribution < 1.29 is 5.11 Å². The van der Waals surface area contributed by atoms with E-state index in [4.69, 9.17) is 0 Å². The molecule has 25 heavy (non-hydrogen) atoms. The minimum absolute atomic E-state index is 0.408. The van der Waals surface area contributed by atoms with Crippen LogP contribution >= 0.6 is 0 Å². The van der Waals surface area contributed by atoms with Crippen LogP contribution in [-0.4, -0.2) is 30.5 Å². The number of aliphatic hydroxyl groups is 1. The molecule has 0 radical (unpaired) electrons. The van der Waals surface area contributed by atoms with Crippen LogP contribution < -0.4 is 10.6 Å². The van der Waals surface area contributed by atoms with Crippen LogP contribution in [0.15, 0.2) is 0 Å². The fraction of sp³-hybridized carbons (Fsp3) is 1.00. The monoisotopic (exact) mass is 356 g/mol. The molecule has 3 heteroatoms. The Morgan fingerprint density at radius 1 is 0.640 bits per heavy atom. The van der Waals surface area contributed by atoms with E-state index in [-0.39, 0.29) is 0 Å². The Kier molecular flexibility index (Phi) is 20.1. The Morgan fingerprint density at radius 2 is 1.12 bits per heavy atom. The van der Waals surface area contributed by atoms with Crippen molar-refractivity contribution in [1.82, 2.24) is 10.6 Å². The smallest absolute Gasteiger partial charge is 0.117 e. The molecule has 0 heterocycles. The van der Waals surface area contributed by atoms with Crippen molar-refractivity contribution in [2.75, 3.05) is 13.1 Å². The second-order valence-electron chi connectivity index (χ2n) is 7.81. The third kappa shape index (κ3) is 20.0. The SMILES string of the molecule is CCCCCCCCCCCCCCCC(C)NCC(O)NCCC. The molecule has 0 aliphatic carbocycles. The van der Waals surface area contributed by atoms with Crippen LogP contribution in [0, 0.1) is 0 Å². The van der Waals surface area contributed by atoms with Gasteiger partial charge in [0.05, 0.1) is 0 Å². The first-order valence-corrected chi connectivity index (χ1v) is 11.4. The average Bonchev–Trinajstić information content (AvgIpc) is 2.62. The zero-order valence-corrected chi connectivity index (χ0v) is 17.6. The van der Waals surface area contributed by atoms with Gasteiger partial charge >= 0.3 is 0 Å². The number of rotatable bonds is 20. The van der Waals surface area contributed by atoms with Gasteiger partial charge in [0.25, 0.3) is 0 Å². The number of hydrogen-bond acceptors (Lipinski definition) is 3. The lowest BCUT2D eigenvalue weighted by Crippen LogP contribution is -2.41. The van der Waals surface area contributed by atoms with E-state index in [0.29, 0.717) is 12.6 Å². The minimum Gasteiger partial charge on any atom is -0.377 e. The normalized spacial score (nSPS) is 13.9. The maximum absolute atomic E-state index is 9.74. The van der Waals surface area contributed by atoms with Crippen LogP contribution in [0.25, 0.3) is 0 Å². The minimum atomic E-state index is -0.408. The molecule has 0 bridgehead atoms. The maximum Gasteiger partial charge on any atom is 0.117 e. The highest BCUT2D eigenvalue weighted by atomic mass is 16.3. The molecule has 3 N–H and O–H groups in total. The summed E-state index contributed by atoms with van der Waals surface area (Å²) in [6, 6.07) is 0.505. The summed E-state index contributed by atoms with van der Waals surface area (Å²) >= 11 is 0. The summed E-state index contributed by atoms with van der Waals surface area (Å²) in [5.41, 5.74) is 0. The second kappa shape index (κ2) is 20.2. The highest BCUT2D eigenvalue weighted by Crippen LogP contribution is 2.13. The van der Waals surface area contributed by atoms with Gasteiger partial charge in [-0.05, 0) is 26.3 Å². The summed E-state index contributed by atoms with van der Waals surface area (Å²) < 4.78 is 0. The Hall–Kier alpha value is -0.120. The van der Waals surface area contributed by atoms with Crippen molar-refractivity contribution in [2.24, 2.45) is 0 Å². The summed E-state index contributed by atoms with van der Waals surface area (Å²) in [5, 5.41) is 16.3. The van der Waals surface area contributed by atoms with E-state index in [1.165, 1.54) is 89.9 Å². The fourth-order valence-electron chi connectivity index (χ4n) is 3.27. The predicted molar refractivity (Wildman–Crippen MR) is 112 cm³/mol. The molecule has 0 fully saturated rings. The highest BCUT2D eigenvalue weighted by molar-refractivity contribution is 4.64. The summed E-state index contributed by atoms with van der Waals surface area (Å²) in [7, 11) is 0. The van der Waals surface area contributed by atoms with Gasteiger partial charge in [0.1, 0.15) is 6.23 Å². The summed E-state index contributed by atoms with van der Waals surface area (Å²) in [4.78, 5) is 0. The van der Waals surface area contributed by atoms with Crippen molar-refractivity contribution >= 4 is 0 Å². The first-order valence-electron chi connectivity index (χ1n) is 11.4. The topological polar surface area (TPSA) is 44.3 Å². The Balaban J connectivity index is 3.19. The molecule has 2 atom stereocenters. The molecule has 0 aliphatic rings. The third-order valence-corrected chi connectivity index (χ3v) is 5.03. The lowest BCUT2D eigenvalue weighted by atomic mass is 10.0. The Labute approximate surface area is 158 Å². The number of nitrogens with one attached hydrogen (secondary N) is 2. The van der Waals surface area contributed by atoms with Crippen molar-refractivity contribution in [3.8, 4) is 0 Å².